The third-order valence-electron chi connectivity index (χ3n) is 2.55. The lowest BCUT2D eigenvalue weighted by atomic mass is 10.1. The molecule has 7 nitrogen and oxygen atoms in total. The molecular weight excluding hydrogens is 270 g/mol. The lowest BCUT2D eigenvalue weighted by Gasteiger charge is -2.23. The highest BCUT2D eigenvalue weighted by atomic mass is 16.2. The summed E-state index contributed by atoms with van der Waals surface area (Å²) in [6.45, 7) is 7.48. The van der Waals surface area contributed by atoms with Crippen molar-refractivity contribution in [2.75, 3.05) is 19.4 Å². The van der Waals surface area contributed by atoms with Crippen LogP contribution in [0.1, 0.15) is 38.2 Å². The molecule has 0 aromatic carbocycles. The van der Waals surface area contributed by atoms with E-state index in [0.717, 1.165) is 0 Å². The quantitative estimate of drug-likeness (QED) is 0.861. The Morgan fingerprint density at radius 1 is 1.19 bits per heavy atom. The van der Waals surface area contributed by atoms with Crippen LogP contribution in [0.3, 0.4) is 0 Å². The molecule has 1 atom stereocenters. The Bertz CT molecular complexity index is 505. The summed E-state index contributed by atoms with van der Waals surface area (Å²) in [7, 11) is 3.30. The summed E-state index contributed by atoms with van der Waals surface area (Å²) in [5.41, 5.74) is -0.0296. The van der Waals surface area contributed by atoms with Crippen molar-refractivity contribution in [3.05, 3.63) is 17.8 Å². The summed E-state index contributed by atoms with van der Waals surface area (Å²) in [6, 6.07) is 2.75. The zero-order chi connectivity index (χ0) is 16.2. The first kappa shape index (κ1) is 16.9. The summed E-state index contributed by atoms with van der Waals surface area (Å²) in [5.74, 6) is 0.104. The largest absolute Gasteiger partial charge is 0.357 e. The number of anilines is 1. The number of nitrogens with one attached hydrogen (secondary N) is 2. The maximum Gasteiger partial charge on any atom is 0.273 e. The molecule has 0 saturated heterocycles. The molecule has 2 amide bonds. The molecule has 0 aliphatic carbocycles. The van der Waals surface area contributed by atoms with E-state index < -0.39 is 6.04 Å². The maximum atomic E-state index is 11.9. The van der Waals surface area contributed by atoms with Crippen molar-refractivity contribution in [3.63, 3.8) is 0 Å². The Balaban J connectivity index is 2.67. The van der Waals surface area contributed by atoms with Crippen molar-refractivity contribution in [2.45, 2.75) is 39.3 Å². The van der Waals surface area contributed by atoms with Crippen LogP contribution in [0.4, 0.5) is 5.82 Å². The zero-order valence-electron chi connectivity index (χ0n) is 13.4. The molecule has 116 valence electrons. The van der Waals surface area contributed by atoms with E-state index in [2.05, 4.69) is 20.8 Å². The van der Waals surface area contributed by atoms with Gasteiger partial charge in [-0.1, -0.05) is 0 Å². The predicted molar refractivity (Wildman–Crippen MR) is 81.0 cm³/mol. The van der Waals surface area contributed by atoms with E-state index in [1.807, 2.05) is 20.8 Å². The molecule has 0 spiro atoms. The SMILES string of the molecule is CC(Nc1ccc(C(=O)N(C)C)nn1)C(=O)NC(C)(C)C. The normalized spacial score (nSPS) is 12.5. The third-order valence-corrected chi connectivity index (χ3v) is 2.55. The Labute approximate surface area is 125 Å². The topological polar surface area (TPSA) is 87.2 Å². The highest BCUT2D eigenvalue weighted by Gasteiger charge is 2.19. The predicted octanol–water partition coefficient (Wildman–Crippen LogP) is 0.893. The molecule has 1 aromatic heterocycles. The Hall–Kier alpha value is -2.18. The fraction of sp³-hybridized carbons (Fsp3) is 0.571. The zero-order valence-corrected chi connectivity index (χ0v) is 13.4. The Kier molecular flexibility index (Phi) is 5.23. The van der Waals surface area contributed by atoms with Gasteiger partial charge in [0.15, 0.2) is 5.69 Å². The molecule has 1 aromatic rings. The second kappa shape index (κ2) is 6.51. The van der Waals surface area contributed by atoms with Crippen LogP contribution in [0.15, 0.2) is 12.1 Å². The summed E-state index contributed by atoms with van der Waals surface area (Å²) < 4.78 is 0. The second-order valence-electron chi connectivity index (χ2n) is 6.11. The number of hydrogen-bond acceptors (Lipinski definition) is 5. The van der Waals surface area contributed by atoms with Crippen LogP contribution in [-0.4, -0.2) is 52.6 Å². The van der Waals surface area contributed by atoms with Crippen LogP contribution in [-0.2, 0) is 4.79 Å². The van der Waals surface area contributed by atoms with Crippen molar-refractivity contribution in [2.24, 2.45) is 0 Å². The van der Waals surface area contributed by atoms with Crippen LogP contribution >= 0.6 is 0 Å². The monoisotopic (exact) mass is 293 g/mol. The Morgan fingerprint density at radius 3 is 2.24 bits per heavy atom. The van der Waals surface area contributed by atoms with Gasteiger partial charge in [0.05, 0.1) is 0 Å². The molecule has 0 aliphatic heterocycles. The molecule has 1 heterocycles. The van der Waals surface area contributed by atoms with Crippen LogP contribution in [0.25, 0.3) is 0 Å². The van der Waals surface area contributed by atoms with E-state index in [1.165, 1.54) is 4.90 Å². The van der Waals surface area contributed by atoms with Crippen LogP contribution < -0.4 is 10.6 Å². The van der Waals surface area contributed by atoms with Gasteiger partial charge >= 0.3 is 0 Å². The Morgan fingerprint density at radius 2 is 1.81 bits per heavy atom. The van der Waals surface area contributed by atoms with Gasteiger partial charge in [-0.3, -0.25) is 9.59 Å². The van der Waals surface area contributed by atoms with E-state index in [-0.39, 0.29) is 23.0 Å². The summed E-state index contributed by atoms with van der Waals surface area (Å²) in [5, 5.41) is 13.6. The lowest BCUT2D eigenvalue weighted by molar-refractivity contribution is -0.122. The minimum absolute atomic E-state index is 0.127. The van der Waals surface area contributed by atoms with E-state index in [9.17, 15) is 9.59 Å². The van der Waals surface area contributed by atoms with Gasteiger partial charge in [0.1, 0.15) is 11.9 Å². The lowest BCUT2D eigenvalue weighted by Crippen LogP contribution is -2.47. The van der Waals surface area contributed by atoms with Crippen molar-refractivity contribution in [1.29, 1.82) is 0 Å². The number of rotatable bonds is 4. The average molecular weight is 293 g/mol. The van der Waals surface area contributed by atoms with E-state index in [1.54, 1.807) is 33.2 Å². The molecule has 1 unspecified atom stereocenters. The molecule has 1 rings (SSSR count). The number of carbonyl (C=O) groups excluding carboxylic acids is 2. The number of hydrogen-bond donors (Lipinski definition) is 2. The molecular formula is C14H23N5O2. The first-order valence-electron chi connectivity index (χ1n) is 6.74. The van der Waals surface area contributed by atoms with Gasteiger partial charge < -0.3 is 15.5 Å². The average Bonchev–Trinajstić information content (AvgIpc) is 2.36. The number of aromatic nitrogens is 2. The molecule has 0 aliphatic rings. The molecule has 21 heavy (non-hydrogen) atoms. The minimum Gasteiger partial charge on any atom is -0.357 e. The highest BCUT2D eigenvalue weighted by molar-refractivity contribution is 5.91. The van der Waals surface area contributed by atoms with Gasteiger partial charge in [-0.25, -0.2) is 0 Å². The van der Waals surface area contributed by atoms with E-state index in [0.29, 0.717) is 5.82 Å². The third kappa shape index (κ3) is 5.37. The fourth-order valence-corrected chi connectivity index (χ4v) is 1.52. The molecule has 0 radical (unpaired) electrons. The molecule has 0 fully saturated rings. The molecule has 0 saturated carbocycles. The number of amides is 2. The summed E-state index contributed by atoms with van der Waals surface area (Å²) in [4.78, 5) is 25.1. The number of carbonyl (C=O) groups is 2. The maximum absolute atomic E-state index is 11.9. The van der Waals surface area contributed by atoms with Crippen molar-refractivity contribution < 1.29 is 9.59 Å². The van der Waals surface area contributed by atoms with Gasteiger partial charge in [0.2, 0.25) is 5.91 Å². The first-order chi connectivity index (χ1) is 9.60. The molecule has 2 N–H and O–H groups in total. The van der Waals surface area contributed by atoms with Crippen LogP contribution in [0, 0.1) is 0 Å². The fourth-order valence-electron chi connectivity index (χ4n) is 1.52. The van der Waals surface area contributed by atoms with Crippen molar-refractivity contribution >= 4 is 17.6 Å². The van der Waals surface area contributed by atoms with Crippen LogP contribution in [0.5, 0.6) is 0 Å². The smallest absolute Gasteiger partial charge is 0.273 e. The first-order valence-corrected chi connectivity index (χ1v) is 6.74. The van der Waals surface area contributed by atoms with Gasteiger partial charge in [-0.2, -0.15) is 0 Å². The van der Waals surface area contributed by atoms with Gasteiger partial charge in [-0.05, 0) is 39.8 Å². The van der Waals surface area contributed by atoms with Crippen molar-refractivity contribution in [1.82, 2.24) is 20.4 Å². The van der Waals surface area contributed by atoms with Crippen LogP contribution in [0.2, 0.25) is 0 Å². The highest BCUT2D eigenvalue weighted by Crippen LogP contribution is 2.07. The second-order valence-corrected chi connectivity index (χ2v) is 6.11. The van der Waals surface area contributed by atoms with E-state index in [4.69, 9.17) is 0 Å². The van der Waals surface area contributed by atoms with Gasteiger partial charge in [-0.15, -0.1) is 10.2 Å². The summed E-state index contributed by atoms with van der Waals surface area (Å²) in [6.07, 6.45) is 0. The van der Waals surface area contributed by atoms with Gasteiger partial charge in [0.25, 0.3) is 5.91 Å². The summed E-state index contributed by atoms with van der Waals surface area (Å²) >= 11 is 0. The minimum atomic E-state index is -0.450. The molecule has 7 heteroatoms. The molecule has 0 bridgehead atoms. The van der Waals surface area contributed by atoms with E-state index >= 15 is 0 Å². The number of nitrogens with zero attached hydrogens (tertiary/aromatic N) is 3. The van der Waals surface area contributed by atoms with Gasteiger partial charge in [0, 0.05) is 19.6 Å². The van der Waals surface area contributed by atoms with Crippen molar-refractivity contribution in [3.8, 4) is 0 Å². The standard InChI is InChI=1S/C14H23N5O2/c1-9(12(20)16-14(2,3)4)15-11-8-7-10(17-18-11)13(21)19(5)6/h7-9H,1-6H3,(H,15,18)(H,16,20).